The molecular weight excluding hydrogens is 314 g/mol. The molecule has 0 aliphatic carbocycles. The standard InChI is InChI=1S/C20H39N3O2/c1-3-5-14-17-22-20(25)23-18-15-12-10-8-6-7-9-11-13-16-19(24)21-4-2/h6,8H,3-5,7,9-18H2,1-2H3,(H,21,24)(H2,22,23,25)/b8-6+. The van der Waals surface area contributed by atoms with Crippen molar-refractivity contribution in [3.05, 3.63) is 12.2 Å². The second kappa shape index (κ2) is 18.8. The second-order valence-corrected chi connectivity index (χ2v) is 6.41. The van der Waals surface area contributed by atoms with Gasteiger partial charge in [-0.2, -0.15) is 0 Å². The van der Waals surface area contributed by atoms with Gasteiger partial charge in [0.05, 0.1) is 0 Å². The van der Waals surface area contributed by atoms with Crippen LogP contribution in [0.2, 0.25) is 0 Å². The summed E-state index contributed by atoms with van der Waals surface area (Å²) >= 11 is 0. The van der Waals surface area contributed by atoms with E-state index in [1.54, 1.807) is 0 Å². The first-order valence-electron chi connectivity index (χ1n) is 10.1. The Kier molecular flexibility index (Phi) is 17.7. The predicted molar refractivity (Wildman–Crippen MR) is 106 cm³/mol. The summed E-state index contributed by atoms with van der Waals surface area (Å²) in [7, 11) is 0. The zero-order valence-corrected chi connectivity index (χ0v) is 16.4. The number of unbranched alkanes of at least 4 members (excludes halogenated alkanes) is 7. The van der Waals surface area contributed by atoms with Crippen molar-refractivity contribution in [3.8, 4) is 0 Å². The first-order valence-corrected chi connectivity index (χ1v) is 10.1. The van der Waals surface area contributed by atoms with Crippen molar-refractivity contribution in [3.63, 3.8) is 0 Å². The van der Waals surface area contributed by atoms with Gasteiger partial charge < -0.3 is 16.0 Å². The molecule has 0 aliphatic rings. The Morgan fingerprint density at radius 3 is 1.92 bits per heavy atom. The molecule has 25 heavy (non-hydrogen) atoms. The first kappa shape index (κ1) is 23.5. The van der Waals surface area contributed by atoms with Crippen LogP contribution in [0.5, 0.6) is 0 Å². The average Bonchev–Trinajstić information content (AvgIpc) is 2.60. The van der Waals surface area contributed by atoms with Gasteiger partial charge in [0.1, 0.15) is 0 Å². The summed E-state index contributed by atoms with van der Waals surface area (Å²) in [6.07, 6.45) is 16.0. The van der Waals surface area contributed by atoms with E-state index in [1.807, 2.05) is 6.92 Å². The van der Waals surface area contributed by atoms with Crippen LogP contribution in [0.25, 0.3) is 0 Å². The normalized spacial score (nSPS) is 10.8. The molecule has 5 heteroatoms. The van der Waals surface area contributed by atoms with Gasteiger partial charge in [-0.05, 0) is 51.9 Å². The molecule has 0 saturated heterocycles. The minimum absolute atomic E-state index is 0.0423. The number of urea groups is 1. The van der Waals surface area contributed by atoms with Crippen molar-refractivity contribution >= 4 is 11.9 Å². The van der Waals surface area contributed by atoms with E-state index in [9.17, 15) is 9.59 Å². The molecule has 0 bridgehead atoms. The van der Waals surface area contributed by atoms with Gasteiger partial charge >= 0.3 is 6.03 Å². The van der Waals surface area contributed by atoms with Crippen LogP contribution in [0.3, 0.4) is 0 Å². The number of nitrogens with one attached hydrogen (secondary N) is 3. The Balaban J connectivity index is 3.27. The van der Waals surface area contributed by atoms with Gasteiger partial charge in [-0.15, -0.1) is 0 Å². The van der Waals surface area contributed by atoms with Crippen LogP contribution in [-0.4, -0.2) is 31.6 Å². The third kappa shape index (κ3) is 18.7. The van der Waals surface area contributed by atoms with Crippen molar-refractivity contribution < 1.29 is 9.59 Å². The van der Waals surface area contributed by atoms with Gasteiger partial charge in [0.25, 0.3) is 0 Å². The Labute approximate surface area is 154 Å². The summed E-state index contributed by atoms with van der Waals surface area (Å²) in [4.78, 5) is 22.8. The zero-order chi connectivity index (χ0) is 18.6. The topological polar surface area (TPSA) is 70.2 Å². The number of hydrogen-bond donors (Lipinski definition) is 3. The highest BCUT2D eigenvalue weighted by molar-refractivity contribution is 5.75. The summed E-state index contributed by atoms with van der Waals surface area (Å²) in [5.74, 6) is 0.168. The largest absolute Gasteiger partial charge is 0.356 e. The van der Waals surface area contributed by atoms with Gasteiger partial charge in [-0.1, -0.05) is 38.3 Å². The molecule has 0 radical (unpaired) electrons. The van der Waals surface area contributed by atoms with Crippen LogP contribution >= 0.6 is 0 Å². The van der Waals surface area contributed by atoms with Crippen molar-refractivity contribution in [1.29, 1.82) is 0 Å². The lowest BCUT2D eigenvalue weighted by atomic mass is 10.1. The lowest BCUT2D eigenvalue weighted by Gasteiger charge is -2.06. The van der Waals surface area contributed by atoms with Gasteiger partial charge in [-0.25, -0.2) is 4.79 Å². The third-order valence-electron chi connectivity index (χ3n) is 3.96. The number of carbonyl (C=O) groups excluding carboxylic acids is 2. The van der Waals surface area contributed by atoms with E-state index in [2.05, 4.69) is 35.0 Å². The number of carbonyl (C=O) groups is 2. The minimum Gasteiger partial charge on any atom is -0.356 e. The van der Waals surface area contributed by atoms with Gasteiger partial charge in [-0.3, -0.25) is 4.79 Å². The number of allylic oxidation sites excluding steroid dienone is 2. The molecule has 0 unspecified atom stereocenters. The number of rotatable bonds is 16. The summed E-state index contributed by atoms with van der Waals surface area (Å²) in [5, 5.41) is 8.59. The Bertz CT molecular complexity index is 357. The summed E-state index contributed by atoms with van der Waals surface area (Å²) in [6.45, 7) is 6.34. The molecule has 0 saturated carbocycles. The Morgan fingerprint density at radius 1 is 0.720 bits per heavy atom. The summed E-state index contributed by atoms with van der Waals surface area (Å²) in [6, 6.07) is -0.0423. The van der Waals surface area contributed by atoms with E-state index in [0.717, 1.165) is 71.0 Å². The quantitative estimate of drug-likeness (QED) is 0.286. The number of hydrogen-bond acceptors (Lipinski definition) is 2. The molecular formula is C20H39N3O2. The second-order valence-electron chi connectivity index (χ2n) is 6.41. The fraction of sp³-hybridized carbons (Fsp3) is 0.800. The van der Waals surface area contributed by atoms with Gasteiger partial charge in [0.15, 0.2) is 0 Å². The number of amides is 3. The molecule has 5 nitrogen and oxygen atoms in total. The maximum absolute atomic E-state index is 11.5. The fourth-order valence-electron chi connectivity index (χ4n) is 2.47. The summed E-state index contributed by atoms with van der Waals surface area (Å²) in [5.41, 5.74) is 0. The zero-order valence-electron chi connectivity index (χ0n) is 16.4. The molecule has 0 aromatic carbocycles. The van der Waals surface area contributed by atoms with Crippen molar-refractivity contribution in [2.75, 3.05) is 19.6 Å². The molecule has 0 heterocycles. The molecule has 0 rings (SSSR count). The van der Waals surface area contributed by atoms with E-state index in [1.165, 1.54) is 12.8 Å². The van der Waals surface area contributed by atoms with E-state index < -0.39 is 0 Å². The van der Waals surface area contributed by atoms with E-state index in [-0.39, 0.29) is 11.9 Å². The van der Waals surface area contributed by atoms with Gasteiger partial charge in [0, 0.05) is 26.1 Å². The first-order chi connectivity index (χ1) is 12.2. The monoisotopic (exact) mass is 353 g/mol. The fourth-order valence-corrected chi connectivity index (χ4v) is 2.47. The lowest BCUT2D eigenvalue weighted by molar-refractivity contribution is -0.121. The van der Waals surface area contributed by atoms with Crippen LogP contribution in [0.1, 0.15) is 84.5 Å². The van der Waals surface area contributed by atoms with E-state index >= 15 is 0 Å². The van der Waals surface area contributed by atoms with Crippen molar-refractivity contribution in [1.82, 2.24) is 16.0 Å². The predicted octanol–water partition coefficient (Wildman–Crippen LogP) is 4.29. The molecule has 0 atom stereocenters. The van der Waals surface area contributed by atoms with Crippen LogP contribution in [0, 0.1) is 0 Å². The van der Waals surface area contributed by atoms with Gasteiger partial charge in [0.2, 0.25) is 5.91 Å². The molecule has 146 valence electrons. The van der Waals surface area contributed by atoms with Crippen molar-refractivity contribution in [2.45, 2.75) is 84.5 Å². The molecule has 0 aliphatic heterocycles. The molecule has 0 aromatic heterocycles. The SMILES string of the molecule is CCCCCNC(=O)NCCCC/C=C/CCCCCC(=O)NCC. The Morgan fingerprint density at radius 2 is 1.32 bits per heavy atom. The maximum atomic E-state index is 11.5. The molecule has 0 aromatic rings. The van der Waals surface area contributed by atoms with Crippen LogP contribution < -0.4 is 16.0 Å². The smallest absolute Gasteiger partial charge is 0.314 e. The van der Waals surface area contributed by atoms with Crippen LogP contribution in [0.4, 0.5) is 4.79 Å². The van der Waals surface area contributed by atoms with Crippen molar-refractivity contribution in [2.24, 2.45) is 0 Å². The lowest BCUT2D eigenvalue weighted by Crippen LogP contribution is -2.36. The Hall–Kier alpha value is -1.52. The van der Waals surface area contributed by atoms with Crippen LogP contribution in [-0.2, 0) is 4.79 Å². The van der Waals surface area contributed by atoms with Crippen LogP contribution in [0.15, 0.2) is 12.2 Å². The summed E-state index contributed by atoms with van der Waals surface area (Å²) < 4.78 is 0. The molecule has 3 N–H and O–H groups in total. The van der Waals surface area contributed by atoms with E-state index in [0.29, 0.717) is 6.42 Å². The third-order valence-corrected chi connectivity index (χ3v) is 3.96. The van der Waals surface area contributed by atoms with E-state index in [4.69, 9.17) is 0 Å². The highest BCUT2D eigenvalue weighted by Crippen LogP contribution is 2.05. The molecule has 3 amide bonds. The maximum Gasteiger partial charge on any atom is 0.314 e. The minimum atomic E-state index is -0.0423. The average molecular weight is 354 g/mol. The highest BCUT2D eigenvalue weighted by Gasteiger charge is 1.98. The highest BCUT2D eigenvalue weighted by atomic mass is 16.2. The molecule has 0 spiro atoms. The molecule has 0 fully saturated rings.